The second-order valence-electron chi connectivity index (χ2n) is 5.45. The lowest BCUT2D eigenvalue weighted by Crippen LogP contribution is -1.89. The first-order chi connectivity index (χ1) is 11.1. The summed E-state index contributed by atoms with van der Waals surface area (Å²) in [5, 5.41) is 18.2. The number of benzene rings is 2. The molecule has 1 heterocycles. The maximum Gasteiger partial charge on any atom is 0.177 e. The number of nitrogens with one attached hydrogen (secondary N) is 1. The summed E-state index contributed by atoms with van der Waals surface area (Å²) in [4.78, 5) is 7.20. The van der Waals surface area contributed by atoms with Gasteiger partial charge in [0.1, 0.15) is 18.0 Å². The van der Waals surface area contributed by atoms with Crippen molar-refractivity contribution in [1.82, 2.24) is 9.97 Å². The number of H-pyrrole nitrogens is 1. The normalized spacial score (nSPS) is 10.1. The zero-order valence-electron chi connectivity index (χ0n) is 12.9. The van der Waals surface area contributed by atoms with Crippen molar-refractivity contribution in [3.05, 3.63) is 65.0 Å². The lowest BCUT2D eigenvalue weighted by Gasteiger charge is -2.09. The highest BCUT2D eigenvalue weighted by Gasteiger charge is 2.14. The van der Waals surface area contributed by atoms with Gasteiger partial charge >= 0.3 is 0 Å². The highest BCUT2D eigenvalue weighted by atomic mass is 14.9. The largest absolute Gasteiger partial charge is 0.329 e. The zero-order valence-corrected chi connectivity index (χ0v) is 12.9. The van der Waals surface area contributed by atoms with E-state index in [0.29, 0.717) is 5.82 Å². The fourth-order valence-electron chi connectivity index (χ4n) is 2.73. The second kappa shape index (κ2) is 5.79. The lowest BCUT2D eigenvalue weighted by molar-refractivity contribution is 1.29. The van der Waals surface area contributed by atoms with E-state index < -0.39 is 0 Å². The average molecular weight is 298 g/mol. The molecule has 110 valence electrons. The van der Waals surface area contributed by atoms with E-state index in [9.17, 15) is 0 Å². The van der Waals surface area contributed by atoms with Crippen LogP contribution in [0, 0.1) is 36.5 Å². The van der Waals surface area contributed by atoms with Crippen LogP contribution < -0.4 is 0 Å². The third kappa shape index (κ3) is 2.71. The zero-order chi connectivity index (χ0) is 16.4. The van der Waals surface area contributed by atoms with Crippen molar-refractivity contribution in [2.24, 2.45) is 0 Å². The minimum Gasteiger partial charge on any atom is -0.329 e. The Hall–Kier alpha value is -3.37. The van der Waals surface area contributed by atoms with Crippen LogP contribution in [0.3, 0.4) is 0 Å². The number of aromatic nitrogens is 2. The van der Waals surface area contributed by atoms with Gasteiger partial charge in [0, 0.05) is 5.56 Å². The topological polar surface area (TPSA) is 76.3 Å². The molecule has 0 saturated heterocycles. The SMILES string of the molecule is Cc1cc(C)cc(-c2ccccc2-c2nc(C#N)c(C#N)[nH]2)c1. The summed E-state index contributed by atoms with van der Waals surface area (Å²) < 4.78 is 0. The molecule has 0 bridgehead atoms. The van der Waals surface area contributed by atoms with Gasteiger partial charge in [0.2, 0.25) is 0 Å². The summed E-state index contributed by atoms with van der Waals surface area (Å²) >= 11 is 0. The van der Waals surface area contributed by atoms with Crippen molar-refractivity contribution in [1.29, 1.82) is 10.5 Å². The number of hydrogen-bond donors (Lipinski definition) is 1. The highest BCUT2D eigenvalue weighted by molar-refractivity contribution is 5.81. The summed E-state index contributed by atoms with van der Waals surface area (Å²) in [6, 6.07) is 18.1. The van der Waals surface area contributed by atoms with Crippen LogP contribution in [-0.2, 0) is 0 Å². The fourth-order valence-corrected chi connectivity index (χ4v) is 2.73. The molecular weight excluding hydrogens is 284 g/mol. The van der Waals surface area contributed by atoms with Gasteiger partial charge in [-0.25, -0.2) is 4.98 Å². The van der Waals surface area contributed by atoms with E-state index in [2.05, 4.69) is 42.0 Å². The Bertz CT molecular complexity index is 916. The molecule has 4 nitrogen and oxygen atoms in total. The molecule has 0 amide bonds. The fraction of sp³-hybridized carbons (Fsp3) is 0.105. The molecule has 0 spiro atoms. The van der Waals surface area contributed by atoms with Gasteiger partial charge in [-0.1, -0.05) is 53.6 Å². The Morgan fingerprint density at radius 1 is 0.913 bits per heavy atom. The second-order valence-corrected chi connectivity index (χ2v) is 5.45. The number of imidazole rings is 1. The number of aryl methyl sites for hydroxylation is 2. The van der Waals surface area contributed by atoms with Crippen molar-refractivity contribution < 1.29 is 0 Å². The van der Waals surface area contributed by atoms with Crippen LogP contribution in [0.4, 0.5) is 0 Å². The van der Waals surface area contributed by atoms with Gasteiger partial charge in [-0.15, -0.1) is 0 Å². The molecule has 0 fully saturated rings. The predicted molar refractivity (Wildman–Crippen MR) is 88.4 cm³/mol. The standard InChI is InChI=1S/C19H14N4/c1-12-7-13(2)9-14(8-12)15-5-3-4-6-16(15)19-22-17(10-20)18(11-21)23-19/h3-9H,1-2H3,(H,22,23). The smallest absolute Gasteiger partial charge is 0.177 e. The van der Waals surface area contributed by atoms with Crippen LogP contribution >= 0.6 is 0 Å². The molecule has 0 aliphatic carbocycles. The highest BCUT2D eigenvalue weighted by Crippen LogP contribution is 2.32. The average Bonchev–Trinajstić information content (AvgIpc) is 2.97. The number of nitrogens with zero attached hydrogens (tertiary/aromatic N) is 3. The molecule has 1 N–H and O–H groups in total. The van der Waals surface area contributed by atoms with E-state index in [4.69, 9.17) is 10.5 Å². The van der Waals surface area contributed by atoms with Crippen molar-refractivity contribution in [2.75, 3.05) is 0 Å². The molecule has 0 unspecified atom stereocenters. The first-order valence-electron chi connectivity index (χ1n) is 7.20. The van der Waals surface area contributed by atoms with Crippen LogP contribution in [0.1, 0.15) is 22.5 Å². The first kappa shape index (κ1) is 14.6. The summed E-state index contributed by atoms with van der Waals surface area (Å²) in [6.45, 7) is 4.13. The molecule has 4 heteroatoms. The number of rotatable bonds is 2. The van der Waals surface area contributed by atoms with Crippen molar-refractivity contribution in [2.45, 2.75) is 13.8 Å². The molecular formula is C19H14N4. The van der Waals surface area contributed by atoms with Gasteiger partial charge in [-0.05, 0) is 25.0 Å². The van der Waals surface area contributed by atoms with Crippen LogP contribution in [-0.4, -0.2) is 9.97 Å². The van der Waals surface area contributed by atoms with Crippen LogP contribution in [0.25, 0.3) is 22.5 Å². The van der Waals surface area contributed by atoms with E-state index in [1.165, 1.54) is 11.1 Å². The molecule has 0 aliphatic rings. The van der Waals surface area contributed by atoms with Crippen molar-refractivity contribution in [3.63, 3.8) is 0 Å². The number of hydrogen-bond acceptors (Lipinski definition) is 3. The Morgan fingerprint density at radius 2 is 1.57 bits per heavy atom. The van der Waals surface area contributed by atoms with Gasteiger partial charge in [0.15, 0.2) is 11.4 Å². The van der Waals surface area contributed by atoms with E-state index in [1.54, 1.807) is 0 Å². The predicted octanol–water partition coefficient (Wildman–Crippen LogP) is 4.10. The van der Waals surface area contributed by atoms with Gasteiger partial charge in [-0.3, -0.25) is 0 Å². The number of nitriles is 2. The monoisotopic (exact) mass is 298 g/mol. The van der Waals surface area contributed by atoms with Crippen LogP contribution in [0.15, 0.2) is 42.5 Å². The van der Waals surface area contributed by atoms with Gasteiger partial charge in [-0.2, -0.15) is 10.5 Å². The molecule has 0 atom stereocenters. The molecule has 0 radical (unpaired) electrons. The summed E-state index contributed by atoms with van der Waals surface area (Å²) in [7, 11) is 0. The third-order valence-electron chi connectivity index (χ3n) is 3.64. The summed E-state index contributed by atoms with van der Waals surface area (Å²) in [5.41, 5.74) is 5.66. The van der Waals surface area contributed by atoms with Gasteiger partial charge < -0.3 is 4.98 Å². The molecule has 3 rings (SSSR count). The summed E-state index contributed by atoms with van der Waals surface area (Å²) in [5.74, 6) is 0.535. The van der Waals surface area contributed by atoms with E-state index >= 15 is 0 Å². The molecule has 0 aliphatic heterocycles. The minimum absolute atomic E-state index is 0.123. The third-order valence-corrected chi connectivity index (χ3v) is 3.64. The maximum absolute atomic E-state index is 9.10. The Kier molecular flexibility index (Phi) is 3.66. The van der Waals surface area contributed by atoms with Crippen LogP contribution in [0.5, 0.6) is 0 Å². The Morgan fingerprint density at radius 3 is 2.13 bits per heavy atom. The van der Waals surface area contributed by atoms with E-state index in [1.807, 2.05) is 36.4 Å². The van der Waals surface area contributed by atoms with E-state index in [-0.39, 0.29) is 11.4 Å². The quantitative estimate of drug-likeness (QED) is 0.773. The molecule has 2 aromatic carbocycles. The van der Waals surface area contributed by atoms with Crippen molar-refractivity contribution >= 4 is 0 Å². The van der Waals surface area contributed by atoms with Gasteiger partial charge in [0.25, 0.3) is 0 Å². The number of aromatic amines is 1. The Labute approximate surface area is 134 Å². The maximum atomic E-state index is 9.10. The summed E-state index contributed by atoms with van der Waals surface area (Å²) in [6.07, 6.45) is 0. The van der Waals surface area contributed by atoms with E-state index in [0.717, 1.165) is 16.7 Å². The van der Waals surface area contributed by atoms with Gasteiger partial charge in [0.05, 0.1) is 0 Å². The molecule has 23 heavy (non-hydrogen) atoms. The molecule has 1 aromatic heterocycles. The molecule has 3 aromatic rings. The lowest BCUT2D eigenvalue weighted by atomic mass is 9.96. The molecule has 0 saturated carbocycles. The Balaban J connectivity index is 2.21. The van der Waals surface area contributed by atoms with Crippen LogP contribution in [0.2, 0.25) is 0 Å². The first-order valence-corrected chi connectivity index (χ1v) is 7.20. The van der Waals surface area contributed by atoms with Crippen molar-refractivity contribution in [3.8, 4) is 34.7 Å². The minimum atomic E-state index is 0.123.